The molecule has 0 aliphatic heterocycles. The Labute approximate surface area is 194 Å². The van der Waals surface area contributed by atoms with Gasteiger partial charge in [0.05, 0.1) is 4.92 Å². The van der Waals surface area contributed by atoms with Crippen LogP contribution < -0.4 is 5.32 Å². The van der Waals surface area contributed by atoms with Gasteiger partial charge >= 0.3 is 0 Å². The average molecular weight is 457 g/mol. The smallest absolute Gasteiger partial charge is 0.269 e. The Morgan fingerprint density at radius 1 is 1.12 bits per heavy atom. The molecule has 0 saturated carbocycles. The molecule has 7 nitrogen and oxygen atoms in total. The summed E-state index contributed by atoms with van der Waals surface area (Å²) in [5.74, 6) is -0.532. The van der Waals surface area contributed by atoms with Crippen LogP contribution in [-0.2, 0) is 11.3 Å². The van der Waals surface area contributed by atoms with Gasteiger partial charge in [-0.2, -0.15) is 5.26 Å². The summed E-state index contributed by atoms with van der Waals surface area (Å²) in [6, 6.07) is 22.6. The third-order valence-electron chi connectivity index (χ3n) is 5.06. The van der Waals surface area contributed by atoms with Crippen molar-refractivity contribution in [2.24, 2.45) is 0 Å². The van der Waals surface area contributed by atoms with E-state index in [1.807, 2.05) is 47.2 Å². The van der Waals surface area contributed by atoms with Gasteiger partial charge in [0, 0.05) is 52.1 Å². The summed E-state index contributed by atoms with van der Waals surface area (Å²) < 4.78 is 1.94. The number of nitro groups is 1. The number of nitriles is 1. The largest absolute Gasteiger partial charge is 0.342 e. The summed E-state index contributed by atoms with van der Waals surface area (Å²) in [6.45, 7) is 0.398. The second kappa shape index (κ2) is 9.39. The highest BCUT2D eigenvalue weighted by Gasteiger charge is 2.14. The summed E-state index contributed by atoms with van der Waals surface area (Å²) in [6.07, 6.45) is 3.37. The van der Waals surface area contributed by atoms with Crippen LogP contribution >= 0.6 is 11.6 Å². The molecule has 3 aromatic carbocycles. The molecular formula is C25H17ClN4O3. The summed E-state index contributed by atoms with van der Waals surface area (Å²) in [4.78, 5) is 23.3. The molecule has 0 bridgehead atoms. The maximum absolute atomic E-state index is 12.7. The number of hydrogen-bond donors (Lipinski definition) is 1. The van der Waals surface area contributed by atoms with E-state index in [0.717, 1.165) is 16.5 Å². The topological polar surface area (TPSA) is 101 Å². The first kappa shape index (κ1) is 21.8. The molecule has 0 aliphatic carbocycles. The van der Waals surface area contributed by atoms with Crippen molar-refractivity contribution >= 4 is 45.9 Å². The minimum atomic E-state index is -0.532. The molecule has 1 aromatic heterocycles. The zero-order chi connectivity index (χ0) is 23.4. The number of carbonyl (C=O) groups is 1. The number of fused-ring (bicyclic) bond motifs is 1. The molecule has 8 heteroatoms. The number of nitrogens with zero attached hydrogens (tertiary/aromatic N) is 3. The molecule has 33 heavy (non-hydrogen) atoms. The number of para-hydroxylation sites is 1. The molecule has 0 aliphatic rings. The quantitative estimate of drug-likeness (QED) is 0.171. The van der Waals surface area contributed by atoms with Gasteiger partial charge in [-0.05, 0) is 42.0 Å². The molecule has 0 atom stereocenters. The second-order valence-corrected chi connectivity index (χ2v) is 7.72. The summed E-state index contributed by atoms with van der Waals surface area (Å²) in [7, 11) is 0. The van der Waals surface area contributed by atoms with Crippen molar-refractivity contribution in [1.29, 1.82) is 5.26 Å². The van der Waals surface area contributed by atoms with Gasteiger partial charge in [-0.25, -0.2) is 0 Å². The summed E-state index contributed by atoms with van der Waals surface area (Å²) in [5, 5.41) is 24.8. The predicted octanol–water partition coefficient (Wildman–Crippen LogP) is 5.80. The lowest BCUT2D eigenvalue weighted by Crippen LogP contribution is -2.13. The molecule has 0 spiro atoms. The van der Waals surface area contributed by atoms with E-state index in [4.69, 9.17) is 11.6 Å². The zero-order valence-electron chi connectivity index (χ0n) is 17.2. The number of anilines is 1. The fraction of sp³-hybridized carbons (Fsp3) is 0.0400. The highest BCUT2D eigenvalue weighted by Crippen LogP contribution is 2.26. The average Bonchev–Trinajstić information content (AvgIpc) is 3.16. The van der Waals surface area contributed by atoms with E-state index in [9.17, 15) is 20.2 Å². The Kier molecular flexibility index (Phi) is 6.20. The Balaban J connectivity index is 1.67. The lowest BCUT2D eigenvalue weighted by molar-refractivity contribution is -0.384. The minimum Gasteiger partial charge on any atom is -0.342 e. The molecular weight excluding hydrogens is 440 g/mol. The number of amides is 1. The van der Waals surface area contributed by atoms with Gasteiger partial charge in [-0.3, -0.25) is 14.9 Å². The number of aromatic nitrogens is 1. The van der Waals surface area contributed by atoms with E-state index in [2.05, 4.69) is 5.32 Å². The van der Waals surface area contributed by atoms with Gasteiger partial charge in [-0.15, -0.1) is 0 Å². The lowest BCUT2D eigenvalue weighted by Gasteiger charge is -2.05. The van der Waals surface area contributed by atoms with Crippen LogP contribution in [0.5, 0.6) is 0 Å². The van der Waals surface area contributed by atoms with Crippen LogP contribution in [0.3, 0.4) is 0 Å². The standard InChI is InChI=1S/C25H17ClN4O3/c26-20-8-10-21(11-9-20)28-25(31)18(14-27)13-19-16-29(24-7-2-1-6-23(19)24)15-17-4-3-5-22(12-17)30(32)33/h1-13,16H,15H2,(H,28,31)/b18-13-. The van der Waals surface area contributed by atoms with E-state index < -0.39 is 10.8 Å². The third kappa shape index (κ3) is 4.92. The van der Waals surface area contributed by atoms with Crippen LogP contribution in [-0.4, -0.2) is 15.4 Å². The molecule has 4 aromatic rings. The third-order valence-corrected chi connectivity index (χ3v) is 5.31. The fourth-order valence-corrected chi connectivity index (χ4v) is 3.65. The number of non-ortho nitro benzene ring substituents is 1. The van der Waals surface area contributed by atoms with Crippen LogP contribution in [0.4, 0.5) is 11.4 Å². The Hall–Kier alpha value is -4.41. The Morgan fingerprint density at radius 2 is 1.88 bits per heavy atom. The molecule has 0 radical (unpaired) electrons. The number of nitro benzene ring substituents is 1. The number of hydrogen-bond acceptors (Lipinski definition) is 4. The first-order valence-electron chi connectivity index (χ1n) is 9.94. The molecule has 1 N–H and O–H groups in total. The van der Waals surface area contributed by atoms with Gasteiger partial charge in [-0.1, -0.05) is 41.9 Å². The van der Waals surface area contributed by atoms with E-state index in [1.54, 1.807) is 30.3 Å². The monoisotopic (exact) mass is 456 g/mol. The zero-order valence-corrected chi connectivity index (χ0v) is 18.0. The SMILES string of the molecule is N#C/C(=C/c1cn(Cc2cccc([N+](=O)[O-])c2)c2ccccc12)C(=O)Nc1ccc(Cl)cc1. The van der Waals surface area contributed by atoms with Crippen molar-refractivity contribution in [2.75, 3.05) is 5.32 Å². The maximum atomic E-state index is 12.7. The number of carbonyl (C=O) groups excluding carboxylic acids is 1. The van der Waals surface area contributed by atoms with Crippen molar-refractivity contribution in [3.05, 3.63) is 111 Å². The second-order valence-electron chi connectivity index (χ2n) is 7.29. The maximum Gasteiger partial charge on any atom is 0.269 e. The van der Waals surface area contributed by atoms with Gasteiger partial charge in [0.2, 0.25) is 0 Å². The van der Waals surface area contributed by atoms with Crippen molar-refractivity contribution in [3.63, 3.8) is 0 Å². The van der Waals surface area contributed by atoms with E-state index in [1.165, 1.54) is 18.2 Å². The molecule has 0 fully saturated rings. The first-order chi connectivity index (χ1) is 15.9. The molecule has 1 amide bonds. The Morgan fingerprint density at radius 3 is 2.61 bits per heavy atom. The van der Waals surface area contributed by atoms with Gasteiger partial charge in [0.25, 0.3) is 11.6 Å². The van der Waals surface area contributed by atoms with Gasteiger partial charge < -0.3 is 9.88 Å². The molecule has 162 valence electrons. The number of benzene rings is 3. The van der Waals surface area contributed by atoms with Crippen molar-refractivity contribution in [2.45, 2.75) is 6.54 Å². The highest BCUT2D eigenvalue weighted by atomic mass is 35.5. The first-order valence-corrected chi connectivity index (χ1v) is 10.3. The molecule has 4 rings (SSSR count). The van der Waals surface area contributed by atoms with Crippen LogP contribution in [0.25, 0.3) is 17.0 Å². The van der Waals surface area contributed by atoms with Gasteiger partial charge in [0.1, 0.15) is 11.6 Å². The van der Waals surface area contributed by atoms with Crippen LogP contribution in [0.1, 0.15) is 11.1 Å². The molecule has 1 heterocycles. The van der Waals surface area contributed by atoms with Crippen molar-refractivity contribution < 1.29 is 9.72 Å². The van der Waals surface area contributed by atoms with Crippen molar-refractivity contribution in [3.8, 4) is 6.07 Å². The van der Waals surface area contributed by atoms with Crippen LogP contribution in [0, 0.1) is 21.4 Å². The number of halogens is 1. The van der Waals surface area contributed by atoms with E-state index >= 15 is 0 Å². The molecule has 0 saturated heterocycles. The number of rotatable bonds is 6. The Bertz CT molecular complexity index is 1430. The summed E-state index contributed by atoms with van der Waals surface area (Å²) >= 11 is 5.87. The van der Waals surface area contributed by atoms with Gasteiger partial charge in [0.15, 0.2) is 0 Å². The number of nitrogens with one attached hydrogen (secondary N) is 1. The van der Waals surface area contributed by atoms with E-state index in [-0.39, 0.29) is 11.3 Å². The van der Waals surface area contributed by atoms with Crippen molar-refractivity contribution in [1.82, 2.24) is 4.57 Å². The fourth-order valence-electron chi connectivity index (χ4n) is 3.52. The predicted molar refractivity (Wildman–Crippen MR) is 128 cm³/mol. The summed E-state index contributed by atoms with van der Waals surface area (Å²) in [5.41, 5.74) is 2.84. The minimum absolute atomic E-state index is 0.0229. The lowest BCUT2D eigenvalue weighted by atomic mass is 10.1. The highest BCUT2D eigenvalue weighted by molar-refractivity contribution is 6.30. The normalized spacial score (nSPS) is 11.2. The molecule has 0 unspecified atom stereocenters. The van der Waals surface area contributed by atoms with Crippen LogP contribution in [0.2, 0.25) is 5.02 Å². The van der Waals surface area contributed by atoms with Crippen LogP contribution in [0.15, 0.2) is 84.6 Å². The van der Waals surface area contributed by atoms with E-state index in [0.29, 0.717) is 22.8 Å².